The van der Waals surface area contributed by atoms with Gasteiger partial charge in [0.2, 0.25) is 0 Å². The number of nitrogens with zero attached hydrogens (tertiary/aromatic N) is 3. The first-order valence-corrected chi connectivity index (χ1v) is 6.65. The molecule has 1 rings (SSSR count). The highest BCUT2D eigenvalue weighted by atomic mass is 32.2. The molecule has 5 nitrogen and oxygen atoms in total. The number of carbonyl (C=O) groups is 1. The Bertz CT molecular complexity index is 434. The van der Waals surface area contributed by atoms with Crippen molar-refractivity contribution in [1.29, 1.82) is 0 Å². The first kappa shape index (κ1) is 15.8. The number of aliphatic carboxylic acids is 1. The van der Waals surface area contributed by atoms with E-state index in [0.29, 0.717) is 18.1 Å². The number of carboxylic acids is 1. The molecule has 0 amide bonds. The van der Waals surface area contributed by atoms with E-state index in [1.54, 1.807) is 4.57 Å². The molecule has 0 aliphatic rings. The summed E-state index contributed by atoms with van der Waals surface area (Å²) in [5, 5.41) is 16.4. The zero-order valence-corrected chi connectivity index (χ0v) is 11.1. The molecule has 1 aromatic heterocycles. The van der Waals surface area contributed by atoms with Gasteiger partial charge in [0.05, 0.1) is 12.2 Å². The minimum atomic E-state index is -4.24. The lowest BCUT2D eigenvalue weighted by atomic mass is 10.3. The SMILES string of the molecule is CCCn1c(CCC(F)(F)F)nnc1SCC(=O)O. The Morgan fingerprint density at radius 1 is 1.42 bits per heavy atom. The van der Waals surface area contributed by atoms with Crippen molar-refractivity contribution in [3.63, 3.8) is 0 Å². The van der Waals surface area contributed by atoms with E-state index in [2.05, 4.69) is 10.2 Å². The summed E-state index contributed by atoms with van der Waals surface area (Å²) in [4.78, 5) is 10.5. The summed E-state index contributed by atoms with van der Waals surface area (Å²) in [6.45, 7) is 2.35. The summed E-state index contributed by atoms with van der Waals surface area (Å²) >= 11 is 0.958. The van der Waals surface area contributed by atoms with Crippen molar-refractivity contribution < 1.29 is 23.1 Å². The standard InChI is InChI=1S/C10H14F3N3O2S/c1-2-5-16-7(3-4-10(11,12)13)14-15-9(16)19-6-8(17)18/h2-6H2,1H3,(H,17,18). The van der Waals surface area contributed by atoms with Gasteiger partial charge in [0, 0.05) is 13.0 Å². The highest BCUT2D eigenvalue weighted by Crippen LogP contribution is 2.23. The predicted octanol–water partition coefficient (Wildman–Crippen LogP) is 2.36. The molecule has 1 heterocycles. The lowest BCUT2D eigenvalue weighted by molar-refractivity contribution is -0.135. The molecule has 0 atom stereocenters. The van der Waals surface area contributed by atoms with Gasteiger partial charge in [-0.2, -0.15) is 13.2 Å². The minimum absolute atomic E-state index is 0.193. The van der Waals surface area contributed by atoms with Crippen LogP contribution >= 0.6 is 11.8 Å². The highest BCUT2D eigenvalue weighted by Gasteiger charge is 2.28. The summed E-state index contributed by atoms with van der Waals surface area (Å²) in [5.74, 6) is -0.957. The summed E-state index contributed by atoms with van der Waals surface area (Å²) in [5.41, 5.74) is 0. The Morgan fingerprint density at radius 2 is 2.11 bits per heavy atom. The maximum atomic E-state index is 12.2. The molecule has 108 valence electrons. The first-order valence-electron chi connectivity index (χ1n) is 5.67. The van der Waals surface area contributed by atoms with Gasteiger partial charge in [-0.25, -0.2) is 0 Å². The van der Waals surface area contributed by atoms with Gasteiger partial charge in [-0.15, -0.1) is 10.2 Å². The number of rotatable bonds is 7. The van der Waals surface area contributed by atoms with Crippen LogP contribution in [-0.2, 0) is 17.8 Å². The molecule has 0 bridgehead atoms. The smallest absolute Gasteiger partial charge is 0.389 e. The number of carboxylic acid groups (broad SMARTS) is 1. The Labute approximate surface area is 112 Å². The average Bonchev–Trinajstić information content (AvgIpc) is 2.66. The van der Waals surface area contributed by atoms with E-state index in [9.17, 15) is 18.0 Å². The molecule has 0 spiro atoms. The normalized spacial score (nSPS) is 11.8. The molecule has 1 N–H and O–H groups in total. The van der Waals surface area contributed by atoms with Crippen LogP contribution in [-0.4, -0.2) is 37.8 Å². The van der Waals surface area contributed by atoms with Crippen molar-refractivity contribution in [2.75, 3.05) is 5.75 Å². The molecule has 0 aliphatic heterocycles. The fraction of sp³-hybridized carbons (Fsp3) is 0.700. The van der Waals surface area contributed by atoms with Crippen LogP contribution in [0.5, 0.6) is 0 Å². The minimum Gasteiger partial charge on any atom is -0.481 e. The zero-order valence-electron chi connectivity index (χ0n) is 10.3. The Balaban J connectivity index is 2.77. The summed E-state index contributed by atoms with van der Waals surface area (Å²) in [6.07, 6.45) is -4.74. The second-order valence-corrected chi connectivity index (χ2v) is 4.79. The van der Waals surface area contributed by atoms with Crippen molar-refractivity contribution >= 4 is 17.7 Å². The van der Waals surface area contributed by atoms with Crippen LogP contribution in [0.2, 0.25) is 0 Å². The van der Waals surface area contributed by atoms with Crippen LogP contribution in [0.3, 0.4) is 0 Å². The fourth-order valence-electron chi connectivity index (χ4n) is 1.44. The third kappa shape index (κ3) is 5.50. The first-order chi connectivity index (χ1) is 8.83. The summed E-state index contributed by atoms with van der Waals surface area (Å²) in [7, 11) is 0. The van der Waals surface area contributed by atoms with Crippen LogP contribution in [0.15, 0.2) is 5.16 Å². The monoisotopic (exact) mass is 297 g/mol. The van der Waals surface area contributed by atoms with Gasteiger partial charge in [0.25, 0.3) is 0 Å². The Morgan fingerprint density at radius 3 is 2.63 bits per heavy atom. The summed E-state index contributed by atoms with van der Waals surface area (Å²) < 4.78 is 38.1. The van der Waals surface area contributed by atoms with Crippen molar-refractivity contribution in [3.05, 3.63) is 5.82 Å². The van der Waals surface area contributed by atoms with E-state index < -0.39 is 18.6 Å². The van der Waals surface area contributed by atoms with Gasteiger partial charge in [-0.05, 0) is 6.42 Å². The van der Waals surface area contributed by atoms with Crippen LogP contribution < -0.4 is 0 Å². The maximum absolute atomic E-state index is 12.2. The topological polar surface area (TPSA) is 68.0 Å². The number of thioether (sulfide) groups is 1. The van der Waals surface area contributed by atoms with Gasteiger partial charge in [0.15, 0.2) is 5.16 Å². The Kier molecular flexibility index (Phi) is 5.64. The molecule has 0 saturated heterocycles. The highest BCUT2D eigenvalue weighted by molar-refractivity contribution is 7.99. The number of alkyl halides is 3. The van der Waals surface area contributed by atoms with Crippen LogP contribution in [0.25, 0.3) is 0 Å². The predicted molar refractivity (Wildman–Crippen MR) is 63.0 cm³/mol. The fourth-order valence-corrected chi connectivity index (χ4v) is 2.14. The van der Waals surface area contributed by atoms with E-state index in [-0.39, 0.29) is 18.0 Å². The van der Waals surface area contributed by atoms with Crippen molar-refractivity contribution in [2.45, 2.75) is 44.1 Å². The van der Waals surface area contributed by atoms with E-state index >= 15 is 0 Å². The van der Waals surface area contributed by atoms with Gasteiger partial charge < -0.3 is 9.67 Å². The van der Waals surface area contributed by atoms with Crippen molar-refractivity contribution in [2.24, 2.45) is 0 Å². The summed E-state index contributed by atoms with van der Waals surface area (Å²) in [6, 6.07) is 0. The van der Waals surface area contributed by atoms with E-state index in [0.717, 1.165) is 11.8 Å². The van der Waals surface area contributed by atoms with Gasteiger partial charge >= 0.3 is 12.1 Å². The number of aromatic nitrogens is 3. The van der Waals surface area contributed by atoms with E-state index in [1.807, 2.05) is 6.92 Å². The van der Waals surface area contributed by atoms with Crippen molar-refractivity contribution in [1.82, 2.24) is 14.8 Å². The molecular formula is C10H14F3N3O2S. The molecular weight excluding hydrogens is 283 g/mol. The molecule has 0 aliphatic carbocycles. The van der Waals surface area contributed by atoms with Crippen LogP contribution in [0.1, 0.15) is 25.6 Å². The largest absolute Gasteiger partial charge is 0.481 e. The quantitative estimate of drug-likeness (QED) is 0.782. The number of aryl methyl sites for hydroxylation is 1. The molecule has 0 fully saturated rings. The number of hydrogen-bond acceptors (Lipinski definition) is 4. The van der Waals surface area contributed by atoms with Gasteiger partial charge in [0.1, 0.15) is 5.82 Å². The third-order valence-electron chi connectivity index (χ3n) is 2.20. The molecule has 0 aromatic carbocycles. The maximum Gasteiger partial charge on any atom is 0.389 e. The lowest BCUT2D eigenvalue weighted by Crippen LogP contribution is -2.12. The third-order valence-corrected chi connectivity index (χ3v) is 3.15. The molecule has 19 heavy (non-hydrogen) atoms. The lowest BCUT2D eigenvalue weighted by Gasteiger charge is -2.09. The van der Waals surface area contributed by atoms with E-state index in [1.165, 1.54) is 0 Å². The Hall–Kier alpha value is -1.25. The molecule has 1 aromatic rings. The van der Waals surface area contributed by atoms with Gasteiger partial charge in [-0.3, -0.25) is 4.79 Å². The molecule has 9 heteroatoms. The van der Waals surface area contributed by atoms with Crippen molar-refractivity contribution in [3.8, 4) is 0 Å². The molecule has 0 unspecified atom stereocenters. The van der Waals surface area contributed by atoms with E-state index in [4.69, 9.17) is 5.11 Å². The zero-order chi connectivity index (χ0) is 14.5. The number of hydrogen-bond donors (Lipinski definition) is 1. The molecule has 0 radical (unpaired) electrons. The second kappa shape index (κ2) is 6.78. The van der Waals surface area contributed by atoms with Gasteiger partial charge in [-0.1, -0.05) is 18.7 Å². The number of halogens is 3. The second-order valence-electron chi connectivity index (χ2n) is 3.85. The molecule has 0 saturated carbocycles. The van der Waals surface area contributed by atoms with Crippen LogP contribution in [0, 0.1) is 0 Å². The van der Waals surface area contributed by atoms with Crippen LogP contribution in [0.4, 0.5) is 13.2 Å². The average molecular weight is 297 g/mol.